The smallest absolute Gasteiger partial charge is 0.124 e. The number of thioether (sulfide) groups is 1. The normalized spacial score (nSPS) is 23.4. The van der Waals surface area contributed by atoms with E-state index in [0.29, 0.717) is 10.8 Å². The summed E-state index contributed by atoms with van der Waals surface area (Å²) < 4.78 is 11.6. The van der Waals surface area contributed by atoms with Crippen molar-refractivity contribution < 1.29 is 9.47 Å². The molecule has 0 spiro atoms. The van der Waals surface area contributed by atoms with Gasteiger partial charge < -0.3 is 14.8 Å². The first kappa shape index (κ1) is 15.0. The molecule has 0 saturated heterocycles. The Morgan fingerprint density at radius 3 is 2.90 bits per heavy atom. The average Bonchev–Trinajstić information content (AvgIpc) is 3.02. The fourth-order valence-electron chi connectivity index (χ4n) is 3.49. The molecule has 1 heterocycles. The van der Waals surface area contributed by atoms with Crippen LogP contribution >= 0.6 is 11.8 Å². The van der Waals surface area contributed by atoms with Crippen LogP contribution in [0.1, 0.15) is 43.7 Å². The van der Waals surface area contributed by atoms with E-state index in [9.17, 15) is 0 Å². The molecule has 4 heteroatoms. The molecule has 21 heavy (non-hydrogen) atoms. The first-order valence-corrected chi connectivity index (χ1v) is 9.08. The third-order valence-corrected chi connectivity index (χ3v) is 6.29. The van der Waals surface area contributed by atoms with Crippen molar-refractivity contribution >= 4 is 11.8 Å². The molecular formula is C17H25NO2S. The van der Waals surface area contributed by atoms with Crippen molar-refractivity contribution in [1.82, 2.24) is 5.32 Å². The van der Waals surface area contributed by atoms with Gasteiger partial charge in [0.05, 0.1) is 13.7 Å². The van der Waals surface area contributed by atoms with Crippen molar-refractivity contribution in [2.24, 2.45) is 0 Å². The average molecular weight is 307 g/mol. The maximum absolute atomic E-state index is 5.78. The van der Waals surface area contributed by atoms with Crippen LogP contribution in [0.2, 0.25) is 0 Å². The Bertz CT molecular complexity index is 486. The summed E-state index contributed by atoms with van der Waals surface area (Å²) in [4.78, 5) is 0. The second-order valence-corrected chi connectivity index (χ2v) is 7.34. The molecule has 0 bridgehead atoms. The van der Waals surface area contributed by atoms with E-state index in [2.05, 4.69) is 17.6 Å². The fraction of sp³-hybridized carbons (Fsp3) is 0.647. The van der Waals surface area contributed by atoms with Crippen LogP contribution in [0.3, 0.4) is 0 Å². The molecule has 0 amide bonds. The molecule has 1 saturated carbocycles. The summed E-state index contributed by atoms with van der Waals surface area (Å²) in [5.74, 6) is 1.91. The van der Waals surface area contributed by atoms with Gasteiger partial charge in [-0.2, -0.15) is 11.8 Å². The summed E-state index contributed by atoms with van der Waals surface area (Å²) in [5.41, 5.74) is 1.25. The van der Waals surface area contributed by atoms with Crippen LogP contribution in [0.25, 0.3) is 0 Å². The minimum Gasteiger partial charge on any atom is -0.497 e. The number of nitrogens with one attached hydrogen (secondary N) is 1. The van der Waals surface area contributed by atoms with Gasteiger partial charge in [-0.05, 0) is 37.3 Å². The SMILES string of the molecule is COc1ccc2c(c1)C(NCC1(SC)CCCC1)CCO2. The van der Waals surface area contributed by atoms with E-state index in [1.807, 2.05) is 23.9 Å². The van der Waals surface area contributed by atoms with Gasteiger partial charge in [0.2, 0.25) is 0 Å². The molecule has 0 aromatic heterocycles. The summed E-state index contributed by atoms with van der Waals surface area (Å²) >= 11 is 2.04. The maximum Gasteiger partial charge on any atom is 0.124 e. The highest BCUT2D eigenvalue weighted by atomic mass is 32.2. The maximum atomic E-state index is 5.78. The van der Waals surface area contributed by atoms with E-state index in [-0.39, 0.29) is 0 Å². The second kappa shape index (κ2) is 6.49. The highest BCUT2D eigenvalue weighted by Crippen LogP contribution is 2.41. The van der Waals surface area contributed by atoms with Gasteiger partial charge in [-0.15, -0.1) is 0 Å². The molecular weight excluding hydrogens is 282 g/mol. The predicted octanol–water partition coefficient (Wildman–Crippen LogP) is 3.78. The largest absolute Gasteiger partial charge is 0.497 e. The Labute approximate surface area is 131 Å². The summed E-state index contributed by atoms with van der Waals surface area (Å²) in [6.07, 6.45) is 8.73. The molecule has 1 fully saturated rings. The van der Waals surface area contributed by atoms with Crippen molar-refractivity contribution in [2.75, 3.05) is 26.5 Å². The standard InChI is InChI=1S/C17H25NO2S/c1-19-13-5-6-16-14(11-13)15(7-10-20-16)18-12-17(21-2)8-3-4-9-17/h5-6,11,15,18H,3-4,7-10,12H2,1-2H3. The van der Waals surface area contributed by atoms with Crippen LogP contribution in [-0.4, -0.2) is 31.3 Å². The van der Waals surface area contributed by atoms with Crippen LogP contribution in [-0.2, 0) is 0 Å². The van der Waals surface area contributed by atoms with E-state index in [1.165, 1.54) is 31.2 Å². The number of hydrogen-bond donors (Lipinski definition) is 1. The van der Waals surface area contributed by atoms with Crippen LogP contribution in [0.5, 0.6) is 11.5 Å². The molecule has 2 aliphatic rings. The van der Waals surface area contributed by atoms with E-state index < -0.39 is 0 Å². The van der Waals surface area contributed by atoms with Gasteiger partial charge in [0.1, 0.15) is 11.5 Å². The first-order valence-electron chi connectivity index (χ1n) is 7.86. The lowest BCUT2D eigenvalue weighted by atomic mass is 9.98. The van der Waals surface area contributed by atoms with Gasteiger partial charge in [-0.25, -0.2) is 0 Å². The van der Waals surface area contributed by atoms with Crippen molar-refractivity contribution in [3.8, 4) is 11.5 Å². The van der Waals surface area contributed by atoms with Gasteiger partial charge >= 0.3 is 0 Å². The van der Waals surface area contributed by atoms with Crippen LogP contribution < -0.4 is 14.8 Å². The molecule has 1 aliphatic carbocycles. The van der Waals surface area contributed by atoms with Crippen molar-refractivity contribution in [3.63, 3.8) is 0 Å². The first-order chi connectivity index (χ1) is 10.3. The third kappa shape index (κ3) is 3.16. The van der Waals surface area contributed by atoms with Crippen LogP contribution in [0, 0.1) is 0 Å². The van der Waals surface area contributed by atoms with E-state index >= 15 is 0 Å². The zero-order valence-electron chi connectivity index (χ0n) is 13.0. The second-order valence-electron chi connectivity index (χ2n) is 6.07. The zero-order valence-corrected chi connectivity index (χ0v) is 13.8. The van der Waals surface area contributed by atoms with Gasteiger partial charge in [0.15, 0.2) is 0 Å². The third-order valence-electron chi connectivity index (χ3n) is 4.87. The fourth-order valence-corrected chi connectivity index (χ4v) is 4.42. The number of ether oxygens (including phenoxy) is 2. The summed E-state index contributed by atoms with van der Waals surface area (Å²) in [7, 11) is 1.72. The summed E-state index contributed by atoms with van der Waals surface area (Å²) in [5, 5.41) is 3.81. The number of hydrogen-bond acceptors (Lipinski definition) is 4. The lowest BCUT2D eigenvalue weighted by molar-refractivity contribution is 0.249. The number of rotatable bonds is 5. The minimum atomic E-state index is 0.383. The Morgan fingerprint density at radius 1 is 1.38 bits per heavy atom. The topological polar surface area (TPSA) is 30.5 Å². The Balaban J connectivity index is 1.72. The number of fused-ring (bicyclic) bond motifs is 1. The molecule has 1 atom stereocenters. The van der Waals surface area contributed by atoms with Crippen molar-refractivity contribution in [3.05, 3.63) is 23.8 Å². The number of benzene rings is 1. The highest BCUT2D eigenvalue weighted by molar-refractivity contribution is 8.00. The Kier molecular flexibility index (Phi) is 4.65. The van der Waals surface area contributed by atoms with Gasteiger partial charge in [0.25, 0.3) is 0 Å². The Morgan fingerprint density at radius 2 is 2.19 bits per heavy atom. The molecule has 1 aromatic carbocycles. The predicted molar refractivity (Wildman–Crippen MR) is 88.6 cm³/mol. The molecule has 1 aromatic rings. The highest BCUT2D eigenvalue weighted by Gasteiger charge is 2.34. The summed E-state index contributed by atoms with van der Waals surface area (Å²) in [6.45, 7) is 1.89. The Hall–Kier alpha value is -0.870. The van der Waals surface area contributed by atoms with E-state index in [4.69, 9.17) is 9.47 Å². The van der Waals surface area contributed by atoms with Gasteiger partial charge in [-0.1, -0.05) is 12.8 Å². The quantitative estimate of drug-likeness (QED) is 0.896. The monoisotopic (exact) mass is 307 g/mol. The lowest BCUT2D eigenvalue weighted by Crippen LogP contribution is -2.38. The van der Waals surface area contributed by atoms with Crippen molar-refractivity contribution in [2.45, 2.75) is 42.9 Å². The molecule has 3 nitrogen and oxygen atoms in total. The molecule has 3 rings (SSSR count). The molecule has 1 N–H and O–H groups in total. The van der Waals surface area contributed by atoms with Crippen LogP contribution in [0.4, 0.5) is 0 Å². The lowest BCUT2D eigenvalue weighted by Gasteiger charge is -2.32. The van der Waals surface area contributed by atoms with Gasteiger partial charge in [0, 0.05) is 29.3 Å². The van der Waals surface area contributed by atoms with E-state index in [0.717, 1.165) is 31.1 Å². The van der Waals surface area contributed by atoms with Gasteiger partial charge in [-0.3, -0.25) is 0 Å². The molecule has 116 valence electrons. The molecule has 1 unspecified atom stereocenters. The van der Waals surface area contributed by atoms with Crippen LogP contribution in [0.15, 0.2) is 18.2 Å². The van der Waals surface area contributed by atoms with E-state index in [1.54, 1.807) is 7.11 Å². The zero-order chi connectivity index (χ0) is 14.7. The van der Waals surface area contributed by atoms with Crippen molar-refractivity contribution in [1.29, 1.82) is 0 Å². The summed E-state index contributed by atoms with van der Waals surface area (Å²) in [6, 6.07) is 6.50. The molecule has 1 aliphatic heterocycles. The minimum absolute atomic E-state index is 0.383. The molecule has 0 radical (unpaired) electrons. The number of methoxy groups -OCH3 is 1.